The number of hydrogen-bond acceptors (Lipinski definition) is 7. The monoisotopic (exact) mass is 482 g/mol. The van der Waals surface area contributed by atoms with E-state index in [1.807, 2.05) is 0 Å². The highest BCUT2D eigenvalue weighted by Gasteiger charge is 2.40. The number of likely N-dealkylation sites (tertiary alicyclic amines) is 1. The van der Waals surface area contributed by atoms with E-state index in [4.69, 9.17) is 4.74 Å². The lowest BCUT2D eigenvalue weighted by Crippen LogP contribution is -2.55. The summed E-state index contributed by atoms with van der Waals surface area (Å²) >= 11 is 0. The molecule has 182 valence electrons. The molecule has 2 heterocycles. The number of amides is 2. The van der Waals surface area contributed by atoms with Gasteiger partial charge in [0.2, 0.25) is 15.9 Å². The van der Waals surface area contributed by atoms with Crippen molar-refractivity contribution >= 4 is 27.7 Å². The molecule has 0 N–H and O–H groups in total. The lowest BCUT2D eigenvalue weighted by molar-refractivity contribution is -0.385. The molecule has 0 radical (unpaired) electrons. The normalized spacial score (nSPS) is 20.1. The van der Waals surface area contributed by atoms with Crippen molar-refractivity contribution in [2.24, 2.45) is 0 Å². The number of aryl methyl sites for hydroxylation is 1. The van der Waals surface area contributed by atoms with Crippen LogP contribution in [0.1, 0.15) is 39.2 Å². The summed E-state index contributed by atoms with van der Waals surface area (Å²) in [6.07, 6.45) is 0.695. The van der Waals surface area contributed by atoms with Gasteiger partial charge in [-0.2, -0.15) is 4.31 Å². The molecule has 11 nitrogen and oxygen atoms in total. The van der Waals surface area contributed by atoms with E-state index in [0.29, 0.717) is 24.9 Å². The van der Waals surface area contributed by atoms with Crippen molar-refractivity contribution in [1.82, 2.24) is 14.1 Å². The average molecular weight is 483 g/mol. The van der Waals surface area contributed by atoms with E-state index in [9.17, 15) is 28.1 Å². The number of rotatable bonds is 4. The summed E-state index contributed by atoms with van der Waals surface area (Å²) in [6.45, 7) is 7.79. The third-order valence-corrected chi connectivity index (χ3v) is 7.76. The number of hydrogen-bond donors (Lipinski definition) is 0. The molecular formula is C21H30N4O7S. The first kappa shape index (κ1) is 24.9. The third kappa shape index (κ3) is 5.44. The highest BCUT2D eigenvalue weighted by Crippen LogP contribution is 2.27. The fraction of sp³-hybridized carbons (Fsp3) is 0.619. The Morgan fingerprint density at radius 3 is 2.33 bits per heavy atom. The molecule has 0 aromatic heterocycles. The Morgan fingerprint density at radius 2 is 1.76 bits per heavy atom. The van der Waals surface area contributed by atoms with Crippen molar-refractivity contribution < 1.29 is 27.7 Å². The van der Waals surface area contributed by atoms with Gasteiger partial charge in [-0.25, -0.2) is 13.2 Å². The molecule has 0 unspecified atom stereocenters. The lowest BCUT2D eigenvalue weighted by atomic mass is 10.1. The molecular weight excluding hydrogens is 452 g/mol. The summed E-state index contributed by atoms with van der Waals surface area (Å²) in [5, 5.41) is 11.1. The Morgan fingerprint density at radius 1 is 1.12 bits per heavy atom. The van der Waals surface area contributed by atoms with E-state index in [0.717, 1.165) is 6.07 Å². The van der Waals surface area contributed by atoms with E-state index in [-0.39, 0.29) is 42.7 Å². The van der Waals surface area contributed by atoms with Crippen LogP contribution in [0.2, 0.25) is 0 Å². The highest BCUT2D eigenvalue weighted by atomic mass is 32.2. The number of nitro groups is 1. The Balaban J connectivity index is 1.68. The van der Waals surface area contributed by atoms with Crippen molar-refractivity contribution in [3.63, 3.8) is 0 Å². The van der Waals surface area contributed by atoms with E-state index in [1.54, 1.807) is 32.6 Å². The number of benzene rings is 1. The van der Waals surface area contributed by atoms with Crippen LogP contribution in [0.25, 0.3) is 0 Å². The van der Waals surface area contributed by atoms with Gasteiger partial charge in [-0.3, -0.25) is 19.8 Å². The van der Waals surface area contributed by atoms with Crippen molar-refractivity contribution in [2.45, 2.75) is 57.1 Å². The van der Waals surface area contributed by atoms with Gasteiger partial charge in [0.05, 0.1) is 9.82 Å². The molecule has 2 amide bonds. The van der Waals surface area contributed by atoms with Crippen molar-refractivity contribution in [3.05, 3.63) is 33.9 Å². The van der Waals surface area contributed by atoms with Crippen molar-refractivity contribution in [2.75, 3.05) is 32.7 Å². The first-order valence-corrected chi connectivity index (χ1v) is 12.3. The van der Waals surface area contributed by atoms with Crippen LogP contribution in [0.5, 0.6) is 0 Å². The van der Waals surface area contributed by atoms with E-state index >= 15 is 0 Å². The van der Waals surface area contributed by atoms with Gasteiger partial charge >= 0.3 is 6.09 Å². The SMILES string of the molecule is Cc1ccc([N+](=O)[O-])cc1S(=O)(=O)N1CCN(C(=O)[C@@H]2CCCN2C(=O)OC(C)(C)C)CC1. The molecule has 2 aliphatic rings. The maximum Gasteiger partial charge on any atom is 0.410 e. The van der Waals surface area contributed by atoms with E-state index in [1.165, 1.54) is 21.3 Å². The second kappa shape index (κ2) is 9.26. The molecule has 0 saturated carbocycles. The number of ether oxygens (including phenoxy) is 1. The van der Waals surface area contributed by atoms with Gasteiger partial charge in [0.1, 0.15) is 11.6 Å². The number of carbonyl (C=O) groups excluding carboxylic acids is 2. The number of carbonyl (C=O) groups is 2. The minimum absolute atomic E-state index is 0.0648. The second-order valence-electron chi connectivity index (χ2n) is 9.27. The Kier molecular flexibility index (Phi) is 6.99. The molecule has 1 aromatic rings. The summed E-state index contributed by atoms with van der Waals surface area (Å²) in [7, 11) is -3.96. The number of non-ortho nitro benzene ring substituents is 1. The number of sulfonamides is 1. The first-order valence-electron chi connectivity index (χ1n) is 10.8. The van der Waals surface area contributed by atoms with Gasteiger partial charge in [-0.05, 0) is 46.1 Å². The smallest absolute Gasteiger partial charge is 0.410 e. The van der Waals surface area contributed by atoms with Crippen molar-refractivity contribution in [1.29, 1.82) is 0 Å². The molecule has 12 heteroatoms. The Bertz CT molecular complexity index is 1040. The van der Waals surface area contributed by atoms with Gasteiger partial charge in [-0.1, -0.05) is 6.07 Å². The predicted octanol–water partition coefficient (Wildman–Crippen LogP) is 2.14. The van der Waals surface area contributed by atoms with Crippen LogP contribution in [0.4, 0.5) is 10.5 Å². The van der Waals surface area contributed by atoms with Gasteiger partial charge < -0.3 is 9.64 Å². The number of piperazine rings is 1. The maximum atomic E-state index is 13.1. The zero-order valence-electron chi connectivity index (χ0n) is 19.3. The summed E-state index contributed by atoms with van der Waals surface area (Å²) in [6, 6.07) is 3.13. The van der Waals surface area contributed by atoms with Gasteiger partial charge in [0, 0.05) is 44.9 Å². The van der Waals surface area contributed by atoms with Crippen LogP contribution in [0.3, 0.4) is 0 Å². The molecule has 1 atom stereocenters. The molecule has 2 aliphatic heterocycles. The molecule has 0 aliphatic carbocycles. The lowest BCUT2D eigenvalue weighted by Gasteiger charge is -2.37. The predicted molar refractivity (Wildman–Crippen MR) is 119 cm³/mol. The molecule has 0 bridgehead atoms. The quantitative estimate of drug-likeness (QED) is 0.475. The molecule has 2 fully saturated rings. The fourth-order valence-electron chi connectivity index (χ4n) is 4.04. The fourth-order valence-corrected chi connectivity index (χ4v) is 5.71. The summed E-state index contributed by atoms with van der Waals surface area (Å²) in [5.74, 6) is -0.220. The highest BCUT2D eigenvalue weighted by molar-refractivity contribution is 7.89. The molecule has 1 aromatic carbocycles. The standard InChI is InChI=1S/C21H30N4O7S/c1-15-7-8-16(25(28)29)14-18(15)33(30,31)23-12-10-22(11-13-23)19(26)17-6-5-9-24(17)20(27)32-21(2,3)4/h7-8,14,17H,5-6,9-13H2,1-4H3/t17-/m0/s1. The molecule has 0 spiro atoms. The van der Waals surface area contributed by atoms with Crippen molar-refractivity contribution in [3.8, 4) is 0 Å². The van der Waals surface area contributed by atoms with Crippen LogP contribution in [-0.2, 0) is 19.6 Å². The first-order chi connectivity index (χ1) is 15.3. The van der Waals surface area contributed by atoms with Crippen LogP contribution in [0, 0.1) is 17.0 Å². The second-order valence-corrected chi connectivity index (χ2v) is 11.2. The van der Waals surface area contributed by atoms with E-state index in [2.05, 4.69) is 0 Å². The molecule has 33 heavy (non-hydrogen) atoms. The minimum Gasteiger partial charge on any atom is -0.444 e. The zero-order chi connectivity index (χ0) is 24.6. The maximum absolute atomic E-state index is 13.1. The summed E-state index contributed by atoms with van der Waals surface area (Å²) in [4.78, 5) is 39.0. The Labute approximate surface area is 193 Å². The minimum atomic E-state index is -3.96. The van der Waals surface area contributed by atoms with Gasteiger partial charge in [0.25, 0.3) is 5.69 Å². The average Bonchev–Trinajstić information content (AvgIpc) is 3.22. The summed E-state index contributed by atoms with van der Waals surface area (Å²) < 4.78 is 32.9. The summed E-state index contributed by atoms with van der Waals surface area (Å²) in [5.41, 5.74) is -0.549. The van der Waals surface area contributed by atoms with Crippen LogP contribution < -0.4 is 0 Å². The number of nitrogens with zero attached hydrogens (tertiary/aromatic N) is 4. The Hall–Kier alpha value is -2.73. The largest absolute Gasteiger partial charge is 0.444 e. The van der Waals surface area contributed by atoms with E-state index < -0.39 is 32.7 Å². The van der Waals surface area contributed by atoms with Crippen LogP contribution in [0.15, 0.2) is 23.1 Å². The van der Waals surface area contributed by atoms with Crippen LogP contribution >= 0.6 is 0 Å². The number of nitro benzene ring substituents is 1. The van der Waals surface area contributed by atoms with Gasteiger partial charge in [-0.15, -0.1) is 0 Å². The third-order valence-electron chi connectivity index (χ3n) is 5.72. The van der Waals surface area contributed by atoms with Crippen LogP contribution in [-0.4, -0.2) is 83.8 Å². The topological polar surface area (TPSA) is 130 Å². The zero-order valence-corrected chi connectivity index (χ0v) is 20.1. The molecule has 3 rings (SSSR count). The van der Waals surface area contributed by atoms with Gasteiger partial charge in [0.15, 0.2) is 0 Å². The molecule has 2 saturated heterocycles.